The molecular weight excluding hydrogens is 392 g/mol. The van der Waals surface area contributed by atoms with Gasteiger partial charge in [-0.2, -0.15) is 0 Å². The Morgan fingerprint density at radius 3 is 2.42 bits per heavy atom. The Bertz CT molecular complexity index is 719. The van der Waals surface area contributed by atoms with Gasteiger partial charge in [0.05, 0.1) is 14.2 Å². The number of hydrogen-bond acceptors (Lipinski definition) is 4. The van der Waals surface area contributed by atoms with Crippen LogP contribution >= 0.6 is 43.2 Å². The van der Waals surface area contributed by atoms with Crippen LogP contribution in [0.5, 0.6) is 0 Å². The number of thiophene rings is 1. The average Bonchev–Trinajstić information content (AvgIpc) is 2.97. The van der Waals surface area contributed by atoms with E-state index in [1.54, 1.807) is 11.3 Å². The van der Waals surface area contributed by atoms with Crippen molar-refractivity contribution in [1.82, 2.24) is 5.16 Å². The molecule has 2 N–H and O–H groups in total. The summed E-state index contributed by atoms with van der Waals surface area (Å²) in [6, 6.07) is 11.9. The van der Waals surface area contributed by atoms with E-state index in [2.05, 4.69) is 37.0 Å². The third-order valence-electron chi connectivity index (χ3n) is 2.65. The Hall–Kier alpha value is -1.11. The topological polar surface area (TPSA) is 52.0 Å². The molecule has 0 aliphatic heterocycles. The highest BCUT2D eigenvalue weighted by molar-refractivity contribution is 9.11. The molecule has 0 aliphatic carbocycles. The fourth-order valence-corrected chi connectivity index (χ4v) is 3.44. The second-order valence-electron chi connectivity index (χ2n) is 3.88. The Morgan fingerprint density at radius 1 is 1.05 bits per heavy atom. The summed E-state index contributed by atoms with van der Waals surface area (Å²) in [5.74, 6) is 1.11. The van der Waals surface area contributed by atoms with Crippen LogP contribution in [0.1, 0.15) is 0 Å². The van der Waals surface area contributed by atoms with Crippen LogP contribution in [0, 0.1) is 0 Å². The first-order chi connectivity index (χ1) is 9.15. The van der Waals surface area contributed by atoms with Crippen LogP contribution in [0.2, 0.25) is 0 Å². The normalized spacial score (nSPS) is 10.8. The van der Waals surface area contributed by atoms with Gasteiger partial charge in [0.2, 0.25) is 0 Å². The third kappa shape index (κ3) is 2.48. The molecule has 3 nitrogen and oxygen atoms in total. The van der Waals surface area contributed by atoms with Gasteiger partial charge in [-0.1, -0.05) is 33.2 Å². The number of nitrogens with zero attached hydrogens (tertiary/aromatic N) is 1. The van der Waals surface area contributed by atoms with E-state index in [0.717, 1.165) is 24.3 Å². The molecule has 19 heavy (non-hydrogen) atoms. The summed E-state index contributed by atoms with van der Waals surface area (Å²) in [4.78, 5) is 0.994. The SMILES string of the molecule is Nc1noc(-c2ccc(Br)s2)c1-c1ccc(Br)cc1. The molecule has 3 rings (SSSR count). The van der Waals surface area contributed by atoms with Gasteiger partial charge in [0.25, 0.3) is 0 Å². The second kappa shape index (κ2) is 5.11. The van der Waals surface area contributed by atoms with Crippen molar-refractivity contribution in [2.45, 2.75) is 0 Å². The number of nitrogens with two attached hydrogens (primary N) is 1. The standard InChI is InChI=1S/C13H8Br2N2OS/c14-8-3-1-7(2-4-8)11-12(18-17-13(11)16)9-5-6-10(15)19-9/h1-6H,(H2,16,17). The molecule has 0 aliphatic rings. The molecular formula is C13H8Br2N2OS. The quantitative estimate of drug-likeness (QED) is 0.645. The van der Waals surface area contributed by atoms with Gasteiger partial charge >= 0.3 is 0 Å². The largest absolute Gasteiger partial charge is 0.380 e. The minimum atomic E-state index is 0.404. The van der Waals surface area contributed by atoms with E-state index in [1.165, 1.54) is 0 Å². The lowest BCUT2D eigenvalue weighted by atomic mass is 10.1. The number of hydrogen-bond donors (Lipinski definition) is 1. The fourth-order valence-electron chi connectivity index (χ4n) is 1.80. The number of aromatic nitrogens is 1. The van der Waals surface area contributed by atoms with Crippen molar-refractivity contribution in [3.63, 3.8) is 0 Å². The molecule has 0 spiro atoms. The van der Waals surface area contributed by atoms with E-state index >= 15 is 0 Å². The van der Waals surface area contributed by atoms with Gasteiger partial charge in [0.15, 0.2) is 11.6 Å². The summed E-state index contributed by atoms with van der Waals surface area (Å²) in [6.07, 6.45) is 0. The van der Waals surface area contributed by atoms with Gasteiger partial charge in [0.1, 0.15) is 0 Å². The van der Waals surface area contributed by atoms with Crippen molar-refractivity contribution >= 4 is 49.0 Å². The maximum atomic E-state index is 5.93. The van der Waals surface area contributed by atoms with Crippen molar-refractivity contribution in [3.05, 3.63) is 44.7 Å². The monoisotopic (exact) mass is 398 g/mol. The number of nitrogen functional groups attached to an aromatic ring is 1. The van der Waals surface area contributed by atoms with Crippen molar-refractivity contribution in [2.75, 3.05) is 5.73 Å². The number of rotatable bonds is 2. The smallest absolute Gasteiger partial charge is 0.186 e. The minimum Gasteiger partial charge on any atom is -0.380 e. The van der Waals surface area contributed by atoms with E-state index < -0.39 is 0 Å². The lowest BCUT2D eigenvalue weighted by molar-refractivity contribution is 0.437. The molecule has 0 radical (unpaired) electrons. The van der Waals surface area contributed by atoms with Gasteiger partial charge in [-0.15, -0.1) is 11.3 Å². The number of anilines is 1. The van der Waals surface area contributed by atoms with Crippen molar-refractivity contribution in [3.8, 4) is 21.8 Å². The van der Waals surface area contributed by atoms with Crippen molar-refractivity contribution in [2.24, 2.45) is 0 Å². The summed E-state index contributed by atoms with van der Waals surface area (Å²) in [7, 11) is 0. The Morgan fingerprint density at radius 2 is 1.79 bits per heavy atom. The highest BCUT2D eigenvalue weighted by atomic mass is 79.9. The molecule has 1 aromatic carbocycles. The highest BCUT2D eigenvalue weighted by Crippen LogP contribution is 2.40. The van der Waals surface area contributed by atoms with Crippen molar-refractivity contribution in [1.29, 1.82) is 0 Å². The zero-order valence-corrected chi connectivity index (χ0v) is 13.5. The van der Waals surface area contributed by atoms with Crippen LogP contribution in [0.15, 0.2) is 49.2 Å². The van der Waals surface area contributed by atoms with Gasteiger partial charge in [-0.25, -0.2) is 0 Å². The summed E-state index contributed by atoms with van der Waals surface area (Å²) < 4.78 is 7.44. The van der Waals surface area contributed by atoms with E-state index in [4.69, 9.17) is 10.3 Å². The first kappa shape index (κ1) is 12.9. The van der Waals surface area contributed by atoms with Crippen LogP contribution in [0.25, 0.3) is 21.8 Å². The summed E-state index contributed by atoms with van der Waals surface area (Å²) in [5.41, 5.74) is 7.75. The highest BCUT2D eigenvalue weighted by Gasteiger charge is 2.18. The molecule has 0 saturated heterocycles. The zero-order chi connectivity index (χ0) is 13.4. The maximum absolute atomic E-state index is 5.93. The first-order valence-corrected chi connectivity index (χ1v) is 7.82. The van der Waals surface area contributed by atoms with E-state index in [0.29, 0.717) is 11.6 Å². The second-order valence-corrected chi connectivity index (χ2v) is 7.26. The number of halogens is 2. The molecule has 0 amide bonds. The molecule has 2 aromatic heterocycles. The summed E-state index contributed by atoms with van der Waals surface area (Å²) >= 11 is 8.45. The predicted molar refractivity (Wildman–Crippen MR) is 85.1 cm³/mol. The Labute approximate surface area is 130 Å². The van der Waals surface area contributed by atoms with Crippen molar-refractivity contribution < 1.29 is 4.52 Å². The minimum absolute atomic E-state index is 0.404. The van der Waals surface area contributed by atoms with Gasteiger partial charge in [-0.05, 0) is 45.8 Å². The molecule has 3 aromatic rings. The molecule has 0 fully saturated rings. The van der Waals surface area contributed by atoms with Crippen LogP contribution < -0.4 is 5.73 Å². The summed E-state index contributed by atoms with van der Waals surface area (Å²) in [5, 5.41) is 3.88. The number of benzene rings is 1. The molecule has 6 heteroatoms. The van der Waals surface area contributed by atoms with E-state index in [1.807, 2.05) is 36.4 Å². The fraction of sp³-hybridized carbons (Fsp3) is 0. The predicted octanol–water partition coefficient (Wildman–Crippen LogP) is 5.18. The summed E-state index contributed by atoms with van der Waals surface area (Å²) in [6.45, 7) is 0. The van der Waals surface area contributed by atoms with E-state index in [9.17, 15) is 0 Å². The molecule has 0 unspecified atom stereocenters. The van der Waals surface area contributed by atoms with Gasteiger partial charge in [0, 0.05) is 4.47 Å². The molecule has 96 valence electrons. The van der Waals surface area contributed by atoms with Crippen LogP contribution in [-0.4, -0.2) is 5.16 Å². The Kier molecular flexibility index (Phi) is 3.47. The van der Waals surface area contributed by atoms with Crippen LogP contribution in [-0.2, 0) is 0 Å². The maximum Gasteiger partial charge on any atom is 0.186 e. The third-order valence-corrected chi connectivity index (χ3v) is 4.80. The molecule has 0 atom stereocenters. The lowest BCUT2D eigenvalue weighted by Gasteiger charge is -2.01. The van der Waals surface area contributed by atoms with Gasteiger partial charge < -0.3 is 10.3 Å². The molecule has 0 bridgehead atoms. The van der Waals surface area contributed by atoms with E-state index in [-0.39, 0.29) is 0 Å². The van der Waals surface area contributed by atoms with Crippen LogP contribution in [0.3, 0.4) is 0 Å². The van der Waals surface area contributed by atoms with Gasteiger partial charge in [-0.3, -0.25) is 0 Å². The Balaban J connectivity index is 2.16. The molecule has 0 saturated carbocycles. The lowest BCUT2D eigenvalue weighted by Crippen LogP contribution is -1.88. The average molecular weight is 400 g/mol. The molecule has 2 heterocycles. The van der Waals surface area contributed by atoms with Crippen LogP contribution in [0.4, 0.5) is 5.82 Å². The first-order valence-electron chi connectivity index (χ1n) is 5.42. The zero-order valence-electron chi connectivity index (χ0n) is 9.56.